The molecule has 16 heavy (non-hydrogen) atoms. The maximum absolute atomic E-state index is 11.3. The van der Waals surface area contributed by atoms with E-state index < -0.39 is 0 Å². The first kappa shape index (κ1) is 11.4. The number of carbonyl (C=O) groups excluding carboxylic acids is 1. The summed E-state index contributed by atoms with van der Waals surface area (Å²) in [5.41, 5.74) is 1.35. The van der Waals surface area contributed by atoms with E-state index >= 15 is 0 Å². The van der Waals surface area contributed by atoms with Crippen LogP contribution in [0.1, 0.15) is 44.1 Å². The summed E-state index contributed by atoms with van der Waals surface area (Å²) < 4.78 is 0. The molecule has 0 spiro atoms. The van der Waals surface area contributed by atoms with Crippen LogP contribution in [0.15, 0.2) is 30.3 Å². The van der Waals surface area contributed by atoms with Crippen LogP contribution in [0.2, 0.25) is 0 Å². The molecule has 0 amide bonds. The van der Waals surface area contributed by atoms with Crippen LogP contribution >= 0.6 is 0 Å². The molecule has 0 saturated heterocycles. The highest BCUT2D eigenvalue weighted by Gasteiger charge is 2.30. The highest BCUT2D eigenvalue weighted by Crippen LogP contribution is 2.38. The number of aryl methyl sites for hydroxylation is 1. The van der Waals surface area contributed by atoms with Crippen molar-refractivity contribution in [1.29, 1.82) is 0 Å². The quantitative estimate of drug-likeness (QED) is 0.700. The van der Waals surface area contributed by atoms with E-state index in [2.05, 4.69) is 24.3 Å². The summed E-state index contributed by atoms with van der Waals surface area (Å²) in [7, 11) is 0. The van der Waals surface area contributed by atoms with Gasteiger partial charge in [-0.05, 0) is 31.2 Å². The molecule has 0 N–H and O–H groups in total. The van der Waals surface area contributed by atoms with Gasteiger partial charge in [-0.2, -0.15) is 0 Å². The molecule has 0 aliphatic heterocycles. The lowest BCUT2D eigenvalue weighted by molar-refractivity contribution is -0.118. The molecule has 0 aromatic heterocycles. The van der Waals surface area contributed by atoms with E-state index in [9.17, 15) is 4.79 Å². The third-order valence-corrected chi connectivity index (χ3v) is 3.85. The van der Waals surface area contributed by atoms with E-state index in [-0.39, 0.29) is 5.41 Å². The Hall–Kier alpha value is -1.11. The van der Waals surface area contributed by atoms with Crippen LogP contribution in [0.25, 0.3) is 0 Å². The average molecular weight is 216 g/mol. The standard InChI is InChI=1S/C15H20O/c16-13-15(10-5-2-6-11-15)12-9-14-7-3-1-4-8-14/h1,3-4,7-8,13H,2,5-6,9-12H2. The lowest BCUT2D eigenvalue weighted by Crippen LogP contribution is -2.26. The van der Waals surface area contributed by atoms with Crippen molar-refractivity contribution in [1.82, 2.24) is 0 Å². The molecular formula is C15H20O. The summed E-state index contributed by atoms with van der Waals surface area (Å²) in [4.78, 5) is 11.3. The molecule has 0 heterocycles. The van der Waals surface area contributed by atoms with Crippen molar-refractivity contribution in [3.05, 3.63) is 35.9 Å². The minimum Gasteiger partial charge on any atom is -0.303 e. The van der Waals surface area contributed by atoms with Crippen molar-refractivity contribution in [2.45, 2.75) is 44.9 Å². The summed E-state index contributed by atoms with van der Waals surface area (Å²) in [6.45, 7) is 0. The van der Waals surface area contributed by atoms with Crippen LogP contribution in [-0.4, -0.2) is 6.29 Å². The second kappa shape index (κ2) is 5.29. The van der Waals surface area contributed by atoms with Crippen molar-refractivity contribution in [3.8, 4) is 0 Å². The van der Waals surface area contributed by atoms with Gasteiger partial charge in [0, 0.05) is 5.41 Å². The number of rotatable bonds is 4. The highest BCUT2D eigenvalue weighted by atomic mass is 16.1. The third-order valence-electron chi connectivity index (χ3n) is 3.85. The summed E-state index contributed by atoms with van der Waals surface area (Å²) in [5.74, 6) is 0. The normalized spacial score (nSPS) is 19.2. The van der Waals surface area contributed by atoms with Gasteiger partial charge in [0.1, 0.15) is 6.29 Å². The Morgan fingerprint density at radius 1 is 1.06 bits per heavy atom. The van der Waals surface area contributed by atoms with Crippen molar-refractivity contribution in [2.75, 3.05) is 0 Å². The first-order valence-electron chi connectivity index (χ1n) is 6.35. The first-order chi connectivity index (χ1) is 7.85. The minimum absolute atomic E-state index is 0.00586. The van der Waals surface area contributed by atoms with Crippen molar-refractivity contribution < 1.29 is 4.79 Å². The maximum Gasteiger partial charge on any atom is 0.126 e. The molecule has 1 heteroatoms. The van der Waals surface area contributed by atoms with E-state index in [1.165, 1.54) is 31.1 Å². The fourth-order valence-corrected chi connectivity index (χ4v) is 2.72. The Morgan fingerprint density at radius 3 is 2.38 bits per heavy atom. The molecule has 1 aliphatic carbocycles. The van der Waals surface area contributed by atoms with Gasteiger partial charge in [-0.1, -0.05) is 49.6 Å². The van der Waals surface area contributed by atoms with Crippen LogP contribution in [0.5, 0.6) is 0 Å². The van der Waals surface area contributed by atoms with Gasteiger partial charge >= 0.3 is 0 Å². The SMILES string of the molecule is O=CC1(CCc2ccccc2)CCCCC1. The Labute approximate surface area is 97.9 Å². The van der Waals surface area contributed by atoms with Crippen molar-refractivity contribution >= 4 is 6.29 Å². The van der Waals surface area contributed by atoms with Crippen LogP contribution < -0.4 is 0 Å². The number of aldehydes is 1. The molecule has 0 atom stereocenters. The monoisotopic (exact) mass is 216 g/mol. The van der Waals surface area contributed by atoms with Crippen molar-refractivity contribution in [3.63, 3.8) is 0 Å². The van der Waals surface area contributed by atoms with E-state index in [1.54, 1.807) is 0 Å². The predicted molar refractivity (Wildman–Crippen MR) is 66.3 cm³/mol. The molecule has 0 radical (unpaired) electrons. The molecular weight excluding hydrogens is 196 g/mol. The molecule has 1 aromatic carbocycles. The molecule has 1 aromatic rings. The second-order valence-corrected chi connectivity index (χ2v) is 5.03. The molecule has 1 fully saturated rings. The number of hydrogen-bond acceptors (Lipinski definition) is 1. The molecule has 1 nitrogen and oxygen atoms in total. The maximum atomic E-state index is 11.3. The average Bonchev–Trinajstić information content (AvgIpc) is 2.39. The summed E-state index contributed by atoms with van der Waals surface area (Å²) in [5, 5.41) is 0. The first-order valence-corrected chi connectivity index (χ1v) is 6.35. The van der Waals surface area contributed by atoms with E-state index in [0.29, 0.717) is 0 Å². The molecule has 2 rings (SSSR count). The van der Waals surface area contributed by atoms with Crippen molar-refractivity contribution in [2.24, 2.45) is 5.41 Å². The van der Waals surface area contributed by atoms with Gasteiger partial charge in [-0.25, -0.2) is 0 Å². The van der Waals surface area contributed by atoms with E-state index in [4.69, 9.17) is 0 Å². The number of hydrogen-bond donors (Lipinski definition) is 0. The Kier molecular flexibility index (Phi) is 3.76. The smallest absolute Gasteiger partial charge is 0.126 e. The predicted octanol–water partition coefficient (Wildman–Crippen LogP) is 3.77. The number of carbonyl (C=O) groups is 1. The Balaban J connectivity index is 1.94. The Bertz CT molecular complexity index is 323. The molecule has 1 saturated carbocycles. The summed E-state index contributed by atoms with van der Waals surface area (Å²) in [6, 6.07) is 10.5. The third kappa shape index (κ3) is 2.72. The fourth-order valence-electron chi connectivity index (χ4n) is 2.72. The molecule has 0 unspecified atom stereocenters. The molecule has 1 aliphatic rings. The van der Waals surface area contributed by atoms with Gasteiger partial charge in [0.15, 0.2) is 0 Å². The Morgan fingerprint density at radius 2 is 1.75 bits per heavy atom. The minimum atomic E-state index is -0.00586. The highest BCUT2D eigenvalue weighted by molar-refractivity contribution is 5.59. The van der Waals surface area contributed by atoms with Gasteiger partial charge in [0.2, 0.25) is 0 Å². The lowest BCUT2D eigenvalue weighted by Gasteiger charge is -2.32. The van der Waals surface area contributed by atoms with Crippen LogP contribution in [-0.2, 0) is 11.2 Å². The zero-order valence-corrected chi connectivity index (χ0v) is 9.82. The fraction of sp³-hybridized carbons (Fsp3) is 0.533. The lowest BCUT2D eigenvalue weighted by atomic mass is 9.72. The number of benzene rings is 1. The largest absolute Gasteiger partial charge is 0.303 e. The van der Waals surface area contributed by atoms with Crippen LogP contribution in [0.3, 0.4) is 0 Å². The molecule has 0 bridgehead atoms. The molecule has 86 valence electrons. The summed E-state index contributed by atoms with van der Waals surface area (Å²) in [6.07, 6.45) is 9.27. The van der Waals surface area contributed by atoms with E-state index in [1.807, 2.05) is 6.07 Å². The van der Waals surface area contributed by atoms with Gasteiger partial charge in [0.05, 0.1) is 0 Å². The van der Waals surface area contributed by atoms with Gasteiger partial charge in [-0.15, -0.1) is 0 Å². The topological polar surface area (TPSA) is 17.1 Å². The zero-order valence-electron chi connectivity index (χ0n) is 9.82. The van der Waals surface area contributed by atoms with Gasteiger partial charge in [0.25, 0.3) is 0 Å². The summed E-state index contributed by atoms with van der Waals surface area (Å²) >= 11 is 0. The zero-order chi connectivity index (χ0) is 11.3. The second-order valence-electron chi connectivity index (χ2n) is 5.03. The van der Waals surface area contributed by atoms with Crippen LogP contribution in [0.4, 0.5) is 0 Å². The van der Waals surface area contributed by atoms with Gasteiger partial charge < -0.3 is 4.79 Å². The van der Waals surface area contributed by atoms with Crippen LogP contribution in [0, 0.1) is 5.41 Å². The van der Waals surface area contributed by atoms with Gasteiger partial charge in [-0.3, -0.25) is 0 Å². The van der Waals surface area contributed by atoms with E-state index in [0.717, 1.165) is 25.7 Å².